The van der Waals surface area contributed by atoms with Gasteiger partial charge >= 0.3 is 6.03 Å². The van der Waals surface area contributed by atoms with Crippen LogP contribution >= 0.6 is 0 Å². The predicted molar refractivity (Wildman–Crippen MR) is 67.8 cm³/mol. The van der Waals surface area contributed by atoms with Crippen LogP contribution in [0.2, 0.25) is 0 Å². The third-order valence-electron chi connectivity index (χ3n) is 2.30. The smallest absolute Gasteiger partial charge is 0.319 e. The summed E-state index contributed by atoms with van der Waals surface area (Å²) < 4.78 is 14.9. The molecule has 0 radical (unpaired) electrons. The number of hydrogen-bond donors (Lipinski definition) is 2. The third-order valence-corrected chi connectivity index (χ3v) is 2.30. The second-order valence-corrected chi connectivity index (χ2v) is 3.46. The minimum absolute atomic E-state index is 0.273. The van der Waals surface area contributed by atoms with Gasteiger partial charge in [-0.05, 0) is 24.3 Å². The van der Waals surface area contributed by atoms with Crippen molar-refractivity contribution in [3.8, 4) is 5.75 Å². The summed E-state index contributed by atoms with van der Waals surface area (Å²) in [4.78, 5) is 11.5. The maximum Gasteiger partial charge on any atom is 0.319 e. The number of carbonyl (C=O) groups is 1. The van der Waals surface area contributed by atoms with E-state index in [-0.39, 0.29) is 12.6 Å². The van der Waals surface area contributed by atoms with E-state index in [2.05, 4.69) is 10.6 Å². The lowest BCUT2D eigenvalue weighted by atomic mass is 10.3. The summed E-state index contributed by atoms with van der Waals surface area (Å²) in [5, 5.41) is 5.31. The van der Waals surface area contributed by atoms with E-state index in [0.717, 1.165) is 5.75 Å². The fourth-order valence-electron chi connectivity index (χ4n) is 1.29. The standard InChI is InChI=1S/C12H18N2O4/c1-16-10-6-4-9(5-7-10)14-12(15)13-8-11(17-2)18-3/h4-7,11H,8H2,1-3H3,(H2,13,14,15). The Kier molecular flexibility index (Phi) is 5.96. The van der Waals surface area contributed by atoms with Gasteiger partial charge in [-0.2, -0.15) is 0 Å². The molecule has 0 saturated carbocycles. The van der Waals surface area contributed by atoms with Gasteiger partial charge in [0.15, 0.2) is 6.29 Å². The molecule has 0 heterocycles. The molecule has 0 aromatic heterocycles. The molecule has 0 atom stereocenters. The maximum atomic E-state index is 11.5. The molecule has 2 N–H and O–H groups in total. The van der Waals surface area contributed by atoms with Crippen molar-refractivity contribution >= 4 is 11.7 Å². The molecule has 0 fully saturated rings. The first-order valence-electron chi connectivity index (χ1n) is 5.44. The van der Waals surface area contributed by atoms with Crippen LogP contribution < -0.4 is 15.4 Å². The van der Waals surface area contributed by atoms with Crippen molar-refractivity contribution in [1.29, 1.82) is 0 Å². The Morgan fingerprint density at radius 2 is 1.78 bits per heavy atom. The molecule has 6 nitrogen and oxygen atoms in total. The van der Waals surface area contributed by atoms with E-state index in [1.165, 1.54) is 14.2 Å². The quantitative estimate of drug-likeness (QED) is 0.754. The molecule has 1 aromatic carbocycles. The van der Waals surface area contributed by atoms with Crippen molar-refractivity contribution in [1.82, 2.24) is 5.32 Å². The lowest BCUT2D eigenvalue weighted by Crippen LogP contribution is -2.36. The van der Waals surface area contributed by atoms with Crippen LogP contribution in [-0.4, -0.2) is 40.2 Å². The van der Waals surface area contributed by atoms with Crippen LogP contribution in [0.1, 0.15) is 0 Å². The zero-order valence-corrected chi connectivity index (χ0v) is 10.7. The molecule has 0 aliphatic carbocycles. The van der Waals surface area contributed by atoms with Crippen molar-refractivity contribution in [2.75, 3.05) is 33.2 Å². The number of urea groups is 1. The molecular formula is C12H18N2O4. The molecule has 0 aliphatic rings. The van der Waals surface area contributed by atoms with E-state index in [1.807, 2.05) is 0 Å². The Balaban J connectivity index is 2.39. The number of ether oxygens (including phenoxy) is 3. The first-order chi connectivity index (χ1) is 8.69. The average molecular weight is 254 g/mol. The number of benzene rings is 1. The van der Waals surface area contributed by atoms with Gasteiger partial charge in [0.25, 0.3) is 0 Å². The van der Waals surface area contributed by atoms with Crippen molar-refractivity contribution in [3.63, 3.8) is 0 Å². The molecule has 0 aliphatic heterocycles. The molecule has 0 spiro atoms. The topological polar surface area (TPSA) is 68.8 Å². The summed E-state index contributed by atoms with van der Waals surface area (Å²) in [6, 6.07) is 6.72. The molecule has 1 aromatic rings. The van der Waals surface area contributed by atoms with Gasteiger partial charge in [0.2, 0.25) is 0 Å². The molecule has 0 bridgehead atoms. The summed E-state index contributed by atoms with van der Waals surface area (Å²) in [5.74, 6) is 0.736. The van der Waals surface area contributed by atoms with E-state index in [4.69, 9.17) is 14.2 Å². The van der Waals surface area contributed by atoms with Gasteiger partial charge in [-0.25, -0.2) is 4.79 Å². The Morgan fingerprint density at radius 3 is 2.28 bits per heavy atom. The first-order valence-corrected chi connectivity index (χ1v) is 5.44. The van der Waals surface area contributed by atoms with E-state index in [9.17, 15) is 4.79 Å². The summed E-state index contributed by atoms with van der Waals surface area (Å²) in [6.45, 7) is 0.273. The third kappa shape index (κ3) is 4.60. The number of carbonyl (C=O) groups excluding carboxylic acids is 1. The van der Waals surface area contributed by atoms with Gasteiger partial charge in [-0.3, -0.25) is 0 Å². The minimum Gasteiger partial charge on any atom is -0.497 e. The van der Waals surface area contributed by atoms with E-state index in [0.29, 0.717) is 5.69 Å². The highest BCUT2D eigenvalue weighted by atomic mass is 16.7. The molecule has 6 heteroatoms. The molecule has 18 heavy (non-hydrogen) atoms. The SMILES string of the molecule is COc1ccc(NC(=O)NCC(OC)OC)cc1. The normalized spacial score (nSPS) is 10.2. The molecule has 100 valence electrons. The number of amides is 2. The lowest BCUT2D eigenvalue weighted by molar-refractivity contribution is -0.0970. The summed E-state index contributed by atoms with van der Waals surface area (Å²) in [5.41, 5.74) is 0.680. The van der Waals surface area contributed by atoms with Crippen molar-refractivity contribution in [2.45, 2.75) is 6.29 Å². The number of methoxy groups -OCH3 is 3. The number of nitrogens with one attached hydrogen (secondary N) is 2. The number of hydrogen-bond acceptors (Lipinski definition) is 4. The Morgan fingerprint density at radius 1 is 1.17 bits per heavy atom. The second kappa shape index (κ2) is 7.52. The van der Waals surface area contributed by atoms with Crippen LogP contribution in [0.3, 0.4) is 0 Å². The minimum atomic E-state index is -0.452. The van der Waals surface area contributed by atoms with Crippen molar-refractivity contribution in [3.05, 3.63) is 24.3 Å². The highest BCUT2D eigenvalue weighted by Crippen LogP contribution is 2.14. The molecule has 0 saturated heterocycles. The van der Waals surface area contributed by atoms with E-state index < -0.39 is 6.29 Å². The van der Waals surface area contributed by atoms with Crippen LogP contribution in [0.25, 0.3) is 0 Å². The molecular weight excluding hydrogens is 236 g/mol. The first kappa shape index (κ1) is 14.3. The van der Waals surface area contributed by atoms with Crippen LogP contribution in [-0.2, 0) is 9.47 Å². The van der Waals surface area contributed by atoms with Crippen molar-refractivity contribution in [2.24, 2.45) is 0 Å². The monoisotopic (exact) mass is 254 g/mol. The molecule has 1 rings (SSSR count). The van der Waals surface area contributed by atoms with E-state index in [1.54, 1.807) is 31.4 Å². The average Bonchev–Trinajstić information content (AvgIpc) is 2.41. The highest BCUT2D eigenvalue weighted by Gasteiger charge is 2.07. The van der Waals surface area contributed by atoms with Crippen LogP contribution in [0.15, 0.2) is 24.3 Å². The van der Waals surface area contributed by atoms with Gasteiger partial charge in [-0.15, -0.1) is 0 Å². The summed E-state index contributed by atoms with van der Waals surface area (Å²) >= 11 is 0. The fraction of sp³-hybridized carbons (Fsp3) is 0.417. The Hall–Kier alpha value is -1.79. The Labute approximate surface area is 106 Å². The number of rotatable bonds is 6. The van der Waals surface area contributed by atoms with E-state index >= 15 is 0 Å². The number of anilines is 1. The van der Waals surface area contributed by atoms with Gasteiger partial charge in [0, 0.05) is 19.9 Å². The van der Waals surface area contributed by atoms with Crippen LogP contribution in [0.4, 0.5) is 10.5 Å². The van der Waals surface area contributed by atoms with Gasteiger partial charge < -0.3 is 24.8 Å². The zero-order chi connectivity index (χ0) is 13.4. The maximum absolute atomic E-state index is 11.5. The highest BCUT2D eigenvalue weighted by molar-refractivity contribution is 5.89. The predicted octanol–water partition coefficient (Wildman–Crippen LogP) is 1.44. The molecule has 0 unspecified atom stereocenters. The lowest BCUT2D eigenvalue weighted by Gasteiger charge is -2.14. The van der Waals surface area contributed by atoms with Gasteiger partial charge in [0.1, 0.15) is 5.75 Å². The second-order valence-electron chi connectivity index (χ2n) is 3.46. The Bertz CT molecular complexity index is 363. The summed E-state index contributed by atoms with van der Waals surface area (Å²) in [6.07, 6.45) is -0.452. The zero-order valence-electron chi connectivity index (χ0n) is 10.7. The van der Waals surface area contributed by atoms with Gasteiger partial charge in [-0.1, -0.05) is 0 Å². The molecule has 2 amide bonds. The van der Waals surface area contributed by atoms with Gasteiger partial charge in [0.05, 0.1) is 13.7 Å². The fourth-order valence-corrected chi connectivity index (χ4v) is 1.29. The largest absolute Gasteiger partial charge is 0.497 e. The van der Waals surface area contributed by atoms with Crippen LogP contribution in [0.5, 0.6) is 5.75 Å². The van der Waals surface area contributed by atoms with Crippen molar-refractivity contribution < 1.29 is 19.0 Å². The summed E-state index contributed by atoms with van der Waals surface area (Å²) in [7, 11) is 4.61. The van der Waals surface area contributed by atoms with Crippen LogP contribution in [0, 0.1) is 0 Å².